The van der Waals surface area contributed by atoms with E-state index in [2.05, 4.69) is 20.9 Å². The second-order valence-corrected chi connectivity index (χ2v) is 9.16. The van der Waals surface area contributed by atoms with Crippen molar-refractivity contribution in [2.24, 2.45) is 16.1 Å². The molecule has 3 amide bonds. The normalized spacial score (nSPS) is 16.4. The first-order valence-corrected chi connectivity index (χ1v) is 11.1. The standard InChI is InChI=1S/C23H27N5O3S/c1-12(2)24-21(29)18-9-10-19(32-18)22(30)26-25-15(5)20-16(6)27-28(23(20)31)17-8-7-13(3)14(4)11-17/h7-12,20H,1-6H3,(H,24,29)(H,26,30)/b25-15+. The first kappa shape index (κ1) is 23.3. The fraction of sp³-hybridized carbons (Fsp3) is 0.348. The summed E-state index contributed by atoms with van der Waals surface area (Å²) >= 11 is 1.08. The first-order valence-electron chi connectivity index (χ1n) is 10.3. The maximum absolute atomic E-state index is 13.0. The van der Waals surface area contributed by atoms with E-state index in [0.717, 1.165) is 22.5 Å². The van der Waals surface area contributed by atoms with Gasteiger partial charge >= 0.3 is 0 Å². The monoisotopic (exact) mass is 453 g/mol. The lowest BCUT2D eigenvalue weighted by molar-refractivity contribution is -0.118. The van der Waals surface area contributed by atoms with E-state index in [0.29, 0.717) is 26.9 Å². The summed E-state index contributed by atoms with van der Waals surface area (Å²) in [6.45, 7) is 11.2. The number of hydrogen-bond acceptors (Lipinski definition) is 6. The van der Waals surface area contributed by atoms with E-state index in [1.807, 2.05) is 45.9 Å². The average molecular weight is 454 g/mol. The van der Waals surface area contributed by atoms with Gasteiger partial charge in [-0.3, -0.25) is 14.4 Å². The summed E-state index contributed by atoms with van der Waals surface area (Å²) in [5.41, 5.74) is 6.43. The van der Waals surface area contributed by atoms with E-state index < -0.39 is 11.8 Å². The van der Waals surface area contributed by atoms with Crippen LogP contribution in [0.5, 0.6) is 0 Å². The fourth-order valence-electron chi connectivity index (χ4n) is 3.26. The highest BCUT2D eigenvalue weighted by Crippen LogP contribution is 2.26. The molecule has 2 aromatic rings. The molecule has 3 rings (SSSR count). The number of carbonyl (C=O) groups is 3. The van der Waals surface area contributed by atoms with Gasteiger partial charge in [0, 0.05) is 6.04 Å². The van der Waals surface area contributed by atoms with Gasteiger partial charge in [0.1, 0.15) is 5.92 Å². The largest absolute Gasteiger partial charge is 0.349 e. The van der Waals surface area contributed by atoms with Crippen LogP contribution in [-0.2, 0) is 4.79 Å². The maximum atomic E-state index is 13.0. The van der Waals surface area contributed by atoms with Crippen LogP contribution in [0.2, 0.25) is 0 Å². The predicted octanol–water partition coefficient (Wildman–Crippen LogP) is 3.65. The highest BCUT2D eigenvalue weighted by molar-refractivity contribution is 7.15. The van der Waals surface area contributed by atoms with Crippen LogP contribution < -0.4 is 15.8 Å². The smallest absolute Gasteiger partial charge is 0.281 e. The zero-order valence-corrected chi connectivity index (χ0v) is 19.8. The first-order chi connectivity index (χ1) is 15.1. The molecule has 168 valence electrons. The van der Waals surface area contributed by atoms with E-state index in [1.54, 1.807) is 26.0 Å². The lowest BCUT2D eigenvalue weighted by Crippen LogP contribution is -2.33. The van der Waals surface area contributed by atoms with Crippen molar-refractivity contribution in [1.29, 1.82) is 0 Å². The Balaban J connectivity index is 1.69. The third kappa shape index (κ3) is 4.94. The SMILES string of the molecule is CC1=NN(c2ccc(C)c(C)c2)C(=O)C1/C(C)=N/NC(=O)c1ccc(C(=O)NC(C)C)s1. The third-order valence-electron chi connectivity index (χ3n) is 5.09. The number of anilines is 1. The second kappa shape index (κ2) is 9.44. The van der Waals surface area contributed by atoms with E-state index in [1.165, 1.54) is 5.01 Å². The van der Waals surface area contributed by atoms with Crippen molar-refractivity contribution >= 4 is 46.2 Å². The number of hydrazone groups is 2. The highest BCUT2D eigenvalue weighted by atomic mass is 32.1. The van der Waals surface area contributed by atoms with Crippen LogP contribution in [0.4, 0.5) is 5.69 Å². The number of amides is 3. The Morgan fingerprint density at radius 1 is 1.06 bits per heavy atom. The number of aryl methyl sites for hydroxylation is 2. The Morgan fingerprint density at radius 2 is 1.72 bits per heavy atom. The molecule has 1 aromatic heterocycles. The molecule has 1 unspecified atom stereocenters. The summed E-state index contributed by atoms with van der Waals surface area (Å²) < 4.78 is 0. The summed E-state index contributed by atoms with van der Waals surface area (Å²) in [7, 11) is 0. The van der Waals surface area contributed by atoms with Crippen molar-refractivity contribution in [2.75, 3.05) is 5.01 Å². The third-order valence-corrected chi connectivity index (χ3v) is 6.17. The Bertz CT molecular complexity index is 1130. The van der Waals surface area contributed by atoms with Crippen molar-refractivity contribution in [3.05, 3.63) is 51.2 Å². The maximum Gasteiger partial charge on any atom is 0.281 e. The molecule has 1 aliphatic heterocycles. The summed E-state index contributed by atoms with van der Waals surface area (Å²) in [6.07, 6.45) is 0. The van der Waals surface area contributed by atoms with Crippen LogP contribution in [0.25, 0.3) is 0 Å². The van der Waals surface area contributed by atoms with Crippen LogP contribution >= 0.6 is 11.3 Å². The Hall–Kier alpha value is -3.33. The quantitative estimate of drug-likeness (QED) is 0.515. The van der Waals surface area contributed by atoms with E-state index >= 15 is 0 Å². The molecular weight excluding hydrogens is 426 g/mol. The minimum atomic E-state index is -0.646. The Labute approximate surface area is 191 Å². The Kier molecular flexibility index (Phi) is 6.88. The topological polar surface area (TPSA) is 103 Å². The molecule has 1 atom stereocenters. The van der Waals surface area contributed by atoms with Gasteiger partial charge in [0.05, 0.1) is 26.9 Å². The van der Waals surface area contributed by atoms with Gasteiger partial charge in [-0.25, -0.2) is 5.43 Å². The zero-order valence-electron chi connectivity index (χ0n) is 19.0. The van der Waals surface area contributed by atoms with Gasteiger partial charge in [-0.2, -0.15) is 15.2 Å². The molecule has 1 aliphatic rings. The van der Waals surface area contributed by atoms with Gasteiger partial charge in [-0.1, -0.05) is 6.07 Å². The molecule has 0 saturated heterocycles. The summed E-state index contributed by atoms with van der Waals surface area (Å²) in [5.74, 6) is -1.53. The molecule has 8 nitrogen and oxygen atoms in total. The molecule has 0 aliphatic carbocycles. The van der Waals surface area contributed by atoms with Crippen LogP contribution in [-0.4, -0.2) is 35.2 Å². The lowest BCUT2D eigenvalue weighted by atomic mass is 9.99. The van der Waals surface area contributed by atoms with Gasteiger partial charge in [0.25, 0.3) is 17.7 Å². The summed E-state index contributed by atoms with van der Waals surface area (Å²) in [4.78, 5) is 38.4. The minimum Gasteiger partial charge on any atom is -0.349 e. The summed E-state index contributed by atoms with van der Waals surface area (Å²) in [5, 5.41) is 12.7. The van der Waals surface area contributed by atoms with Crippen LogP contribution in [0.15, 0.2) is 40.5 Å². The van der Waals surface area contributed by atoms with Crippen molar-refractivity contribution < 1.29 is 14.4 Å². The van der Waals surface area contributed by atoms with Crippen molar-refractivity contribution in [2.45, 2.75) is 47.6 Å². The molecule has 2 N–H and O–H groups in total. The van der Waals surface area contributed by atoms with Crippen LogP contribution in [0.1, 0.15) is 58.2 Å². The zero-order chi connectivity index (χ0) is 23.6. The average Bonchev–Trinajstić information content (AvgIpc) is 3.33. The molecule has 0 fully saturated rings. The van der Waals surface area contributed by atoms with Crippen molar-refractivity contribution in [3.63, 3.8) is 0 Å². The fourth-order valence-corrected chi connectivity index (χ4v) is 4.06. The van der Waals surface area contributed by atoms with E-state index in [9.17, 15) is 14.4 Å². The molecule has 2 heterocycles. The predicted molar refractivity (Wildman–Crippen MR) is 127 cm³/mol. The molecule has 0 radical (unpaired) electrons. The van der Waals surface area contributed by atoms with Crippen LogP contribution in [0.3, 0.4) is 0 Å². The number of hydrogen-bond donors (Lipinski definition) is 2. The molecule has 32 heavy (non-hydrogen) atoms. The molecule has 0 saturated carbocycles. The highest BCUT2D eigenvalue weighted by Gasteiger charge is 2.36. The number of benzene rings is 1. The number of nitrogens with zero attached hydrogens (tertiary/aromatic N) is 3. The van der Waals surface area contributed by atoms with Gasteiger partial charge in [0.2, 0.25) is 0 Å². The number of carbonyl (C=O) groups excluding carboxylic acids is 3. The molecule has 0 spiro atoms. The van der Waals surface area contributed by atoms with E-state index in [-0.39, 0.29) is 17.9 Å². The van der Waals surface area contributed by atoms with Crippen molar-refractivity contribution in [1.82, 2.24) is 10.7 Å². The minimum absolute atomic E-state index is 0.00590. The molecular formula is C23H27N5O3S. The van der Waals surface area contributed by atoms with Gasteiger partial charge < -0.3 is 5.32 Å². The number of nitrogens with one attached hydrogen (secondary N) is 2. The lowest BCUT2D eigenvalue weighted by Gasteiger charge is -2.15. The van der Waals surface area contributed by atoms with Crippen molar-refractivity contribution in [3.8, 4) is 0 Å². The second-order valence-electron chi connectivity index (χ2n) is 8.08. The van der Waals surface area contributed by atoms with Gasteiger partial charge in [0.15, 0.2) is 0 Å². The molecule has 0 bridgehead atoms. The Morgan fingerprint density at radius 3 is 2.34 bits per heavy atom. The summed E-state index contributed by atoms with van der Waals surface area (Å²) in [6, 6.07) is 8.92. The van der Waals surface area contributed by atoms with E-state index in [4.69, 9.17) is 0 Å². The number of rotatable bonds is 6. The van der Waals surface area contributed by atoms with Crippen LogP contribution in [0, 0.1) is 19.8 Å². The van der Waals surface area contributed by atoms with Gasteiger partial charge in [-0.15, -0.1) is 11.3 Å². The van der Waals surface area contributed by atoms with Gasteiger partial charge in [-0.05, 0) is 76.9 Å². The number of thiophene rings is 1. The molecule has 1 aromatic carbocycles. The molecule has 9 heteroatoms.